The molecule has 0 bridgehead atoms. The van der Waals surface area contributed by atoms with Crippen molar-refractivity contribution in [1.82, 2.24) is 10.2 Å². The molecule has 3 amide bonds. The molecule has 10 nitrogen and oxygen atoms in total. The smallest absolute Gasteiger partial charge is 0.269 e. The number of anilines is 2. The van der Waals surface area contributed by atoms with Crippen LogP contribution < -0.4 is 15.5 Å². The fourth-order valence-electron chi connectivity index (χ4n) is 3.94. The van der Waals surface area contributed by atoms with Crippen LogP contribution in [-0.2, 0) is 9.59 Å². The Labute approximate surface area is 184 Å². The summed E-state index contributed by atoms with van der Waals surface area (Å²) in [5.41, 5.74) is 1.78. The van der Waals surface area contributed by atoms with Gasteiger partial charge in [0, 0.05) is 50.4 Å². The summed E-state index contributed by atoms with van der Waals surface area (Å²) >= 11 is 0. The molecular formula is C22H23N5O5. The lowest BCUT2D eigenvalue weighted by atomic mass is 10.1. The highest BCUT2D eigenvalue weighted by Gasteiger charge is 2.29. The van der Waals surface area contributed by atoms with Crippen molar-refractivity contribution in [2.75, 3.05) is 36.4 Å². The summed E-state index contributed by atoms with van der Waals surface area (Å²) in [6, 6.07) is 12.4. The van der Waals surface area contributed by atoms with Crippen LogP contribution >= 0.6 is 0 Å². The predicted octanol–water partition coefficient (Wildman–Crippen LogP) is 1.77. The van der Waals surface area contributed by atoms with E-state index in [1.54, 1.807) is 41.3 Å². The maximum atomic E-state index is 12.7. The van der Waals surface area contributed by atoms with Gasteiger partial charge in [0.25, 0.3) is 11.6 Å². The Morgan fingerprint density at radius 2 is 1.72 bits per heavy atom. The van der Waals surface area contributed by atoms with E-state index in [9.17, 15) is 24.5 Å². The third-order valence-corrected chi connectivity index (χ3v) is 5.76. The number of nitrogens with one attached hydrogen (secondary N) is 2. The zero-order valence-electron chi connectivity index (χ0n) is 17.3. The highest BCUT2D eigenvalue weighted by molar-refractivity contribution is 6.09. The minimum atomic E-state index is -0.778. The van der Waals surface area contributed by atoms with E-state index in [1.165, 1.54) is 12.1 Å². The molecule has 2 aromatic rings. The second kappa shape index (κ2) is 9.04. The van der Waals surface area contributed by atoms with Gasteiger partial charge >= 0.3 is 0 Å². The number of rotatable bonds is 5. The SMILES string of the molecule is O=C1NC(CCC(=O)N2CCN(c3ccc([N+](=O)[O-])cc3)CC2)C(=O)Nc2ccccc21. The van der Waals surface area contributed by atoms with Gasteiger partial charge in [-0.25, -0.2) is 0 Å². The van der Waals surface area contributed by atoms with Gasteiger partial charge in [0.05, 0.1) is 16.2 Å². The molecule has 2 N–H and O–H groups in total. The molecule has 166 valence electrons. The standard InChI is InChI=1S/C22H23N5O5/c28-20(10-9-19-22(30)23-18-4-2-1-3-17(18)21(29)24-19)26-13-11-25(12-14-26)15-5-7-16(8-6-15)27(31)32/h1-8,19H,9-14H2,(H,23,30)(H,24,29). The number of nitro benzene ring substituents is 1. The molecule has 32 heavy (non-hydrogen) atoms. The van der Waals surface area contributed by atoms with Gasteiger partial charge in [0.1, 0.15) is 6.04 Å². The second-order valence-corrected chi connectivity index (χ2v) is 7.74. The molecule has 0 spiro atoms. The van der Waals surface area contributed by atoms with Crippen LogP contribution in [0.5, 0.6) is 0 Å². The summed E-state index contributed by atoms with van der Waals surface area (Å²) in [6.45, 7) is 2.26. The average Bonchev–Trinajstić information content (AvgIpc) is 2.93. The van der Waals surface area contributed by atoms with Crippen LogP contribution in [0.4, 0.5) is 17.1 Å². The van der Waals surface area contributed by atoms with Crippen molar-refractivity contribution in [3.8, 4) is 0 Å². The van der Waals surface area contributed by atoms with Crippen LogP contribution in [0.15, 0.2) is 48.5 Å². The molecule has 1 atom stereocenters. The normalized spacial score (nSPS) is 18.3. The van der Waals surface area contributed by atoms with Crippen LogP contribution in [0.1, 0.15) is 23.2 Å². The highest BCUT2D eigenvalue weighted by Crippen LogP contribution is 2.22. The summed E-state index contributed by atoms with van der Waals surface area (Å²) in [5, 5.41) is 16.2. The molecule has 2 aliphatic rings. The molecule has 0 saturated carbocycles. The Hall–Kier alpha value is -3.95. The van der Waals surface area contributed by atoms with Crippen molar-refractivity contribution >= 4 is 34.8 Å². The average molecular weight is 437 g/mol. The Bertz CT molecular complexity index is 1050. The van der Waals surface area contributed by atoms with Gasteiger partial charge in [-0.2, -0.15) is 0 Å². The molecule has 10 heteroatoms. The van der Waals surface area contributed by atoms with Gasteiger partial charge in [0.2, 0.25) is 11.8 Å². The summed E-state index contributed by atoms with van der Waals surface area (Å²) in [7, 11) is 0. The Balaban J connectivity index is 1.28. The molecule has 2 aromatic carbocycles. The third-order valence-electron chi connectivity index (χ3n) is 5.76. The number of para-hydroxylation sites is 1. The van der Waals surface area contributed by atoms with Crippen LogP contribution in [0.25, 0.3) is 0 Å². The first-order valence-electron chi connectivity index (χ1n) is 10.4. The number of carbonyl (C=O) groups excluding carboxylic acids is 3. The second-order valence-electron chi connectivity index (χ2n) is 7.74. The first-order valence-corrected chi connectivity index (χ1v) is 10.4. The van der Waals surface area contributed by atoms with E-state index in [1.807, 2.05) is 0 Å². The van der Waals surface area contributed by atoms with Crippen molar-refractivity contribution in [2.45, 2.75) is 18.9 Å². The molecule has 1 unspecified atom stereocenters. The number of fused-ring (bicyclic) bond motifs is 1. The fourth-order valence-corrected chi connectivity index (χ4v) is 3.94. The molecule has 4 rings (SSSR count). The minimum Gasteiger partial charge on any atom is -0.368 e. The van der Waals surface area contributed by atoms with Gasteiger partial charge in [0.15, 0.2) is 0 Å². The van der Waals surface area contributed by atoms with Crippen LogP contribution in [0.2, 0.25) is 0 Å². The first kappa shape index (κ1) is 21.3. The van der Waals surface area contributed by atoms with Crippen molar-refractivity contribution in [2.24, 2.45) is 0 Å². The number of nitro groups is 1. The maximum absolute atomic E-state index is 12.7. The van der Waals surface area contributed by atoms with Crippen LogP contribution in [0, 0.1) is 10.1 Å². The van der Waals surface area contributed by atoms with E-state index >= 15 is 0 Å². The topological polar surface area (TPSA) is 125 Å². The minimum absolute atomic E-state index is 0.0419. The van der Waals surface area contributed by atoms with Gasteiger partial charge in [-0.15, -0.1) is 0 Å². The Kier molecular flexibility index (Phi) is 6.02. The molecule has 1 fully saturated rings. The molecule has 1 saturated heterocycles. The lowest BCUT2D eigenvalue weighted by Gasteiger charge is -2.36. The van der Waals surface area contributed by atoms with E-state index in [0.29, 0.717) is 37.4 Å². The summed E-state index contributed by atoms with van der Waals surface area (Å²) in [5.74, 6) is -0.746. The summed E-state index contributed by atoms with van der Waals surface area (Å²) in [6.07, 6.45) is 0.360. The molecule has 0 aliphatic carbocycles. The number of hydrogen-bond donors (Lipinski definition) is 2. The van der Waals surface area contributed by atoms with Gasteiger partial charge in [-0.1, -0.05) is 12.1 Å². The molecule has 0 radical (unpaired) electrons. The van der Waals surface area contributed by atoms with Gasteiger partial charge in [-0.3, -0.25) is 24.5 Å². The van der Waals surface area contributed by atoms with Crippen LogP contribution in [-0.4, -0.2) is 59.8 Å². The molecule has 0 aromatic heterocycles. The van der Waals surface area contributed by atoms with Crippen molar-refractivity contribution in [1.29, 1.82) is 0 Å². The van der Waals surface area contributed by atoms with E-state index < -0.39 is 11.0 Å². The lowest BCUT2D eigenvalue weighted by molar-refractivity contribution is -0.384. The number of hydrogen-bond acceptors (Lipinski definition) is 6. The Morgan fingerprint density at radius 3 is 2.41 bits per heavy atom. The van der Waals surface area contributed by atoms with E-state index in [0.717, 1.165) is 5.69 Å². The highest BCUT2D eigenvalue weighted by atomic mass is 16.6. The first-order chi connectivity index (χ1) is 15.4. The third kappa shape index (κ3) is 4.53. The fraction of sp³-hybridized carbons (Fsp3) is 0.318. The van der Waals surface area contributed by atoms with Gasteiger partial charge < -0.3 is 20.4 Å². The molecular weight excluding hydrogens is 414 g/mol. The zero-order valence-corrected chi connectivity index (χ0v) is 17.3. The van der Waals surface area contributed by atoms with Crippen molar-refractivity contribution in [3.63, 3.8) is 0 Å². The van der Waals surface area contributed by atoms with Crippen molar-refractivity contribution < 1.29 is 19.3 Å². The number of benzene rings is 2. The zero-order chi connectivity index (χ0) is 22.7. The number of nitrogens with zero attached hydrogens (tertiary/aromatic N) is 3. The number of piperazine rings is 1. The Morgan fingerprint density at radius 1 is 1.03 bits per heavy atom. The summed E-state index contributed by atoms with van der Waals surface area (Å²) in [4.78, 5) is 51.7. The lowest BCUT2D eigenvalue weighted by Crippen LogP contribution is -2.49. The van der Waals surface area contributed by atoms with E-state index in [-0.39, 0.29) is 36.3 Å². The summed E-state index contributed by atoms with van der Waals surface area (Å²) < 4.78 is 0. The van der Waals surface area contributed by atoms with Crippen molar-refractivity contribution in [3.05, 3.63) is 64.2 Å². The maximum Gasteiger partial charge on any atom is 0.269 e. The number of non-ortho nitro benzene ring substituents is 1. The largest absolute Gasteiger partial charge is 0.368 e. The van der Waals surface area contributed by atoms with Crippen LogP contribution in [0.3, 0.4) is 0 Å². The van der Waals surface area contributed by atoms with Gasteiger partial charge in [-0.05, 0) is 30.7 Å². The monoisotopic (exact) mass is 437 g/mol. The number of carbonyl (C=O) groups is 3. The predicted molar refractivity (Wildman–Crippen MR) is 117 cm³/mol. The quantitative estimate of drug-likeness (QED) is 0.543. The number of amides is 3. The molecule has 2 aliphatic heterocycles. The van der Waals surface area contributed by atoms with E-state index in [2.05, 4.69) is 15.5 Å². The molecule has 2 heterocycles. The van der Waals surface area contributed by atoms with E-state index in [4.69, 9.17) is 0 Å².